The van der Waals surface area contributed by atoms with E-state index >= 15 is 0 Å². The number of nitrogens with two attached hydrogens (primary N) is 1. The lowest BCUT2D eigenvalue weighted by Crippen LogP contribution is -2.04. The van der Waals surface area contributed by atoms with E-state index in [1.807, 2.05) is 40.8 Å². The third kappa shape index (κ3) is 2.93. The summed E-state index contributed by atoms with van der Waals surface area (Å²) in [6, 6.07) is 11.2. The van der Waals surface area contributed by atoms with Crippen molar-refractivity contribution in [1.29, 1.82) is 0 Å². The number of benzene rings is 2. The highest BCUT2D eigenvalue weighted by Crippen LogP contribution is 2.24. The Kier molecular flexibility index (Phi) is 4.06. The Balaban J connectivity index is 2.16. The van der Waals surface area contributed by atoms with Gasteiger partial charge in [0.05, 0.1) is 14.9 Å². The molecule has 0 aliphatic heterocycles. The summed E-state index contributed by atoms with van der Waals surface area (Å²) in [5.74, 6) is -0.253. The van der Waals surface area contributed by atoms with Gasteiger partial charge in [-0.2, -0.15) is 0 Å². The predicted octanol–water partition coefficient (Wildman–Crippen LogP) is 3.93. The smallest absolute Gasteiger partial charge is 0.138 e. The van der Waals surface area contributed by atoms with Gasteiger partial charge in [-0.1, -0.05) is 24.3 Å². The van der Waals surface area contributed by atoms with Gasteiger partial charge in [0.15, 0.2) is 0 Å². The third-order valence-electron chi connectivity index (χ3n) is 2.82. The summed E-state index contributed by atoms with van der Waals surface area (Å²) in [6.45, 7) is 2.69. The van der Waals surface area contributed by atoms with Gasteiger partial charge in [0.25, 0.3) is 0 Å². The SMILES string of the molecule is Cc1ccccc1CNc1cc(F)c(I)cc1N. The van der Waals surface area contributed by atoms with Crippen molar-refractivity contribution in [3.05, 3.63) is 56.9 Å². The van der Waals surface area contributed by atoms with Crippen LogP contribution >= 0.6 is 22.6 Å². The molecule has 0 aliphatic rings. The van der Waals surface area contributed by atoms with Gasteiger partial charge in [-0.05, 0) is 46.7 Å². The van der Waals surface area contributed by atoms with Crippen LogP contribution in [-0.4, -0.2) is 0 Å². The number of aryl methyl sites for hydroxylation is 1. The summed E-state index contributed by atoms with van der Waals surface area (Å²) in [6.07, 6.45) is 0. The highest BCUT2D eigenvalue weighted by molar-refractivity contribution is 14.1. The molecule has 0 amide bonds. The van der Waals surface area contributed by atoms with Crippen molar-refractivity contribution in [2.45, 2.75) is 13.5 Å². The number of halogens is 2. The lowest BCUT2D eigenvalue weighted by atomic mass is 10.1. The third-order valence-corrected chi connectivity index (χ3v) is 3.65. The van der Waals surface area contributed by atoms with Crippen LogP contribution in [0, 0.1) is 16.3 Å². The zero-order chi connectivity index (χ0) is 13.1. The zero-order valence-electron chi connectivity index (χ0n) is 10.0. The van der Waals surface area contributed by atoms with Crippen LogP contribution in [0.1, 0.15) is 11.1 Å². The van der Waals surface area contributed by atoms with Crippen LogP contribution in [0.15, 0.2) is 36.4 Å². The molecule has 94 valence electrons. The van der Waals surface area contributed by atoms with E-state index in [-0.39, 0.29) is 5.82 Å². The molecule has 2 aromatic carbocycles. The lowest BCUT2D eigenvalue weighted by Gasteiger charge is -2.11. The maximum absolute atomic E-state index is 13.5. The molecule has 3 N–H and O–H groups in total. The first-order valence-corrected chi connectivity index (χ1v) is 6.68. The molecule has 0 saturated carbocycles. The Morgan fingerprint density at radius 1 is 1.28 bits per heavy atom. The number of hydrogen-bond acceptors (Lipinski definition) is 2. The van der Waals surface area contributed by atoms with Gasteiger partial charge in [0, 0.05) is 12.6 Å². The van der Waals surface area contributed by atoms with E-state index in [0.717, 1.165) is 0 Å². The standard InChI is InChI=1S/C14H14FIN2/c1-9-4-2-3-5-10(9)8-18-14-6-11(15)12(16)7-13(14)17/h2-7,18H,8,17H2,1H3. The van der Waals surface area contributed by atoms with Crippen molar-refractivity contribution in [1.82, 2.24) is 0 Å². The van der Waals surface area contributed by atoms with E-state index in [9.17, 15) is 4.39 Å². The molecule has 0 aromatic heterocycles. The van der Waals surface area contributed by atoms with Gasteiger partial charge in [0.1, 0.15) is 5.82 Å². The van der Waals surface area contributed by atoms with E-state index in [1.165, 1.54) is 17.2 Å². The Morgan fingerprint density at radius 3 is 2.72 bits per heavy atom. The van der Waals surface area contributed by atoms with Crippen molar-refractivity contribution in [3.63, 3.8) is 0 Å². The summed E-state index contributed by atoms with van der Waals surface area (Å²) in [5, 5.41) is 3.17. The number of hydrogen-bond donors (Lipinski definition) is 2. The second-order valence-corrected chi connectivity index (χ2v) is 5.30. The predicted molar refractivity (Wildman–Crippen MR) is 82.0 cm³/mol. The normalized spacial score (nSPS) is 10.4. The molecule has 2 rings (SSSR count). The molecule has 0 fully saturated rings. The van der Waals surface area contributed by atoms with Crippen LogP contribution in [0.2, 0.25) is 0 Å². The van der Waals surface area contributed by atoms with Crippen LogP contribution in [-0.2, 0) is 6.54 Å². The summed E-state index contributed by atoms with van der Waals surface area (Å²) >= 11 is 1.93. The van der Waals surface area contributed by atoms with Crippen LogP contribution in [0.4, 0.5) is 15.8 Å². The summed E-state index contributed by atoms with van der Waals surface area (Å²) < 4.78 is 14.0. The van der Waals surface area contributed by atoms with Gasteiger partial charge in [0.2, 0.25) is 0 Å². The molecule has 2 aromatic rings. The van der Waals surface area contributed by atoms with Crippen molar-refractivity contribution in [3.8, 4) is 0 Å². The highest BCUT2D eigenvalue weighted by atomic mass is 127. The molecule has 0 atom stereocenters. The van der Waals surface area contributed by atoms with E-state index in [1.54, 1.807) is 6.07 Å². The first-order chi connectivity index (χ1) is 8.58. The molecule has 0 radical (unpaired) electrons. The van der Waals surface area contributed by atoms with E-state index in [2.05, 4.69) is 18.3 Å². The molecule has 0 spiro atoms. The highest BCUT2D eigenvalue weighted by Gasteiger charge is 2.06. The van der Waals surface area contributed by atoms with E-state index in [4.69, 9.17) is 5.73 Å². The molecule has 2 nitrogen and oxygen atoms in total. The van der Waals surface area contributed by atoms with Crippen molar-refractivity contribution >= 4 is 34.0 Å². The topological polar surface area (TPSA) is 38.0 Å². The molecule has 0 heterocycles. The van der Waals surface area contributed by atoms with Gasteiger partial charge in [-0.15, -0.1) is 0 Å². The number of anilines is 2. The van der Waals surface area contributed by atoms with Crippen LogP contribution in [0.5, 0.6) is 0 Å². The fourth-order valence-electron chi connectivity index (χ4n) is 1.71. The second-order valence-electron chi connectivity index (χ2n) is 4.13. The monoisotopic (exact) mass is 356 g/mol. The average molecular weight is 356 g/mol. The fraction of sp³-hybridized carbons (Fsp3) is 0.143. The van der Waals surface area contributed by atoms with Gasteiger partial charge >= 0.3 is 0 Å². The molecule has 0 aliphatic carbocycles. The molecule has 18 heavy (non-hydrogen) atoms. The van der Waals surface area contributed by atoms with Crippen molar-refractivity contribution in [2.24, 2.45) is 0 Å². The zero-order valence-corrected chi connectivity index (χ0v) is 12.2. The summed E-state index contributed by atoms with van der Waals surface area (Å²) in [4.78, 5) is 0. The van der Waals surface area contributed by atoms with Crippen LogP contribution < -0.4 is 11.1 Å². The van der Waals surface area contributed by atoms with E-state index in [0.29, 0.717) is 21.5 Å². The summed E-state index contributed by atoms with van der Waals surface area (Å²) in [5.41, 5.74) is 9.44. The number of nitrogen functional groups attached to an aromatic ring is 1. The minimum absolute atomic E-state index is 0.253. The Labute approximate surface area is 120 Å². The minimum Gasteiger partial charge on any atom is -0.397 e. The molecular formula is C14H14FIN2. The molecule has 0 saturated heterocycles. The Bertz CT molecular complexity index is 570. The second kappa shape index (κ2) is 5.56. The lowest BCUT2D eigenvalue weighted by molar-refractivity contribution is 0.621. The van der Waals surface area contributed by atoms with Gasteiger partial charge in [-0.3, -0.25) is 0 Å². The Hall–Kier alpha value is -1.30. The van der Waals surface area contributed by atoms with Crippen LogP contribution in [0.25, 0.3) is 0 Å². The first-order valence-electron chi connectivity index (χ1n) is 5.61. The van der Waals surface area contributed by atoms with Crippen molar-refractivity contribution < 1.29 is 4.39 Å². The molecular weight excluding hydrogens is 342 g/mol. The largest absolute Gasteiger partial charge is 0.397 e. The number of rotatable bonds is 3. The molecule has 0 unspecified atom stereocenters. The fourth-order valence-corrected chi connectivity index (χ4v) is 2.21. The minimum atomic E-state index is -0.253. The molecule has 0 bridgehead atoms. The Morgan fingerprint density at radius 2 is 2.00 bits per heavy atom. The summed E-state index contributed by atoms with van der Waals surface area (Å²) in [7, 11) is 0. The van der Waals surface area contributed by atoms with E-state index < -0.39 is 0 Å². The maximum Gasteiger partial charge on any atom is 0.138 e. The van der Waals surface area contributed by atoms with Gasteiger partial charge in [-0.25, -0.2) is 4.39 Å². The van der Waals surface area contributed by atoms with Crippen molar-refractivity contribution in [2.75, 3.05) is 11.1 Å². The average Bonchev–Trinajstić information content (AvgIpc) is 2.34. The van der Waals surface area contributed by atoms with Gasteiger partial charge < -0.3 is 11.1 Å². The number of nitrogens with one attached hydrogen (secondary N) is 1. The van der Waals surface area contributed by atoms with Crippen LogP contribution in [0.3, 0.4) is 0 Å². The first kappa shape index (κ1) is 13.1. The molecule has 4 heteroatoms. The maximum atomic E-state index is 13.5. The quantitative estimate of drug-likeness (QED) is 0.646.